The Hall–Kier alpha value is -2.33. The molecule has 0 aliphatic carbocycles. The fourth-order valence-corrected chi connectivity index (χ4v) is 3.03. The van der Waals surface area contributed by atoms with Crippen LogP contribution in [-0.2, 0) is 11.2 Å². The minimum absolute atomic E-state index is 0.0309. The van der Waals surface area contributed by atoms with Gasteiger partial charge in [-0.05, 0) is 63.0 Å². The van der Waals surface area contributed by atoms with E-state index >= 15 is 0 Å². The molecule has 0 radical (unpaired) electrons. The molecule has 0 heterocycles. The largest absolute Gasteiger partial charge is 0.483 e. The Morgan fingerprint density at radius 2 is 1.83 bits per heavy atom. The van der Waals surface area contributed by atoms with Crippen molar-refractivity contribution in [3.63, 3.8) is 0 Å². The highest BCUT2D eigenvalue weighted by atomic mass is 79.9. The maximum atomic E-state index is 12.1. The number of hydrogen-bond acceptors (Lipinski definition) is 2. The van der Waals surface area contributed by atoms with E-state index in [0.717, 1.165) is 27.4 Å². The third-order valence-electron chi connectivity index (χ3n) is 3.80. The zero-order valence-corrected chi connectivity index (χ0v) is 15.0. The van der Waals surface area contributed by atoms with Crippen molar-refractivity contribution in [3.8, 4) is 5.75 Å². The molecular formula is C20H18BrNO2. The number of amides is 1. The van der Waals surface area contributed by atoms with Gasteiger partial charge in [0.2, 0.25) is 0 Å². The number of aryl methyl sites for hydroxylation is 1. The molecule has 0 bridgehead atoms. The molecule has 0 aliphatic rings. The predicted molar refractivity (Wildman–Crippen MR) is 102 cm³/mol. The van der Waals surface area contributed by atoms with Crippen LogP contribution in [0.2, 0.25) is 0 Å². The average Bonchev–Trinajstić information content (AvgIpc) is 2.60. The fourth-order valence-electron chi connectivity index (χ4n) is 2.49. The molecule has 0 unspecified atom stereocenters. The molecular weight excluding hydrogens is 366 g/mol. The van der Waals surface area contributed by atoms with Gasteiger partial charge in [0.15, 0.2) is 6.61 Å². The summed E-state index contributed by atoms with van der Waals surface area (Å²) in [4.78, 5) is 12.1. The zero-order chi connectivity index (χ0) is 16.9. The van der Waals surface area contributed by atoms with E-state index in [1.165, 1.54) is 5.56 Å². The number of carbonyl (C=O) groups is 1. The van der Waals surface area contributed by atoms with Crippen LogP contribution in [0.4, 0.5) is 5.69 Å². The van der Waals surface area contributed by atoms with Gasteiger partial charge in [-0.15, -0.1) is 0 Å². The topological polar surface area (TPSA) is 38.3 Å². The van der Waals surface area contributed by atoms with Gasteiger partial charge in [0.1, 0.15) is 5.75 Å². The zero-order valence-electron chi connectivity index (χ0n) is 13.4. The van der Waals surface area contributed by atoms with Gasteiger partial charge in [-0.3, -0.25) is 4.79 Å². The van der Waals surface area contributed by atoms with Crippen molar-refractivity contribution in [2.45, 2.75) is 13.3 Å². The summed E-state index contributed by atoms with van der Waals surface area (Å²) in [5.41, 5.74) is 1.98. The van der Waals surface area contributed by atoms with E-state index < -0.39 is 0 Å². The van der Waals surface area contributed by atoms with Crippen LogP contribution in [0.5, 0.6) is 5.75 Å². The standard InChI is InChI=1S/C20H18BrNO2/c1-2-14-7-10-19(18(21)11-14)24-13-20(23)22-17-9-8-15-5-3-4-6-16(15)12-17/h3-12H,2,13H2,1H3,(H,22,23). The normalized spacial score (nSPS) is 10.6. The van der Waals surface area contributed by atoms with Crippen molar-refractivity contribution in [2.24, 2.45) is 0 Å². The van der Waals surface area contributed by atoms with E-state index in [4.69, 9.17) is 4.74 Å². The van der Waals surface area contributed by atoms with Crippen molar-refractivity contribution in [1.29, 1.82) is 0 Å². The Morgan fingerprint density at radius 1 is 1.04 bits per heavy atom. The van der Waals surface area contributed by atoms with Gasteiger partial charge in [-0.2, -0.15) is 0 Å². The molecule has 1 N–H and O–H groups in total. The summed E-state index contributed by atoms with van der Waals surface area (Å²) in [5, 5.41) is 5.10. The van der Waals surface area contributed by atoms with Gasteiger partial charge < -0.3 is 10.1 Å². The van der Waals surface area contributed by atoms with Gasteiger partial charge >= 0.3 is 0 Å². The molecule has 3 rings (SSSR count). The molecule has 3 aromatic rings. The maximum absolute atomic E-state index is 12.1. The highest BCUT2D eigenvalue weighted by molar-refractivity contribution is 9.10. The van der Waals surface area contributed by atoms with Crippen molar-refractivity contribution >= 4 is 38.3 Å². The van der Waals surface area contributed by atoms with E-state index in [9.17, 15) is 4.79 Å². The smallest absolute Gasteiger partial charge is 0.262 e. The minimum atomic E-state index is -0.184. The number of benzene rings is 3. The molecule has 0 aromatic heterocycles. The number of rotatable bonds is 5. The Labute approximate surface area is 149 Å². The summed E-state index contributed by atoms with van der Waals surface area (Å²) in [6.45, 7) is 2.07. The molecule has 1 amide bonds. The van der Waals surface area contributed by atoms with Crippen LogP contribution in [0, 0.1) is 0 Å². The van der Waals surface area contributed by atoms with Crippen LogP contribution in [0.1, 0.15) is 12.5 Å². The number of halogens is 1. The number of fused-ring (bicyclic) bond motifs is 1. The Bertz CT molecular complexity index is 876. The fraction of sp³-hybridized carbons (Fsp3) is 0.150. The van der Waals surface area contributed by atoms with Crippen molar-refractivity contribution in [3.05, 3.63) is 70.7 Å². The van der Waals surface area contributed by atoms with Crippen LogP contribution in [0.15, 0.2) is 65.1 Å². The molecule has 3 aromatic carbocycles. The Morgan fingerprint density at radius 3 is 2.58 bits per heavy atom. The lowest BCUT2D eigenvalue weighted by Gasteiger charge is -2.10. The van der Waals surface area contributed by atoms with Crippen LogP contribution < -0.4 is 10.1 Å². The maximum Gasteiger partial charge on any atom is 0.262 e. The molecule has 0 fully saturated rings. The van der Waals surface area contributed by atoms with E-state index in [0.29, 0.717) is 5.75 Å². The second kappa shape index (κ2) is 7.49. The van der Waals surface area contributed by atoms with E-state index in [2.05, 4.69) is 28.2 Å². The minimum Gasteiger partial charge on any atom is -0.483 e. The summed E-state index contributed by atoms with van der Waals surface area (Å²) >= 11 is 3.48. The lowest BCUT2D eigenvalue weighted by Crippen LogP contribution is -2.20. The molecule has 0 atom stereocenters. The quantitative estimate of drug-likeness (QED) is 0.658. The number of hydrogen-bond donors (Lipinski definition) is 1. The van der Waals surface area contributed by atoms with Crippen LogP contribution in [-0.4, -0.2) is 12.5 Å². The van der Waals surface area contributed by atoms with E-state index in [1.54, 1.807) is 0 Å². The van der Waals surface area contributed by atoms with Crippen molar-refractivity contribution in [2.75, 3.05) is 11.9 Å². The summed E-state index contributed by atoms with van der Waals surface area (Å²) in [6, 6.07) is 19.8. The average molecular weight is 384 g/mol. The monoisotopic (exact) mass is 383 g/mol. The summed E-state index contributed by atoms with van der Waals surface area (Å²) in [7, 11) is 0. The molecule has 0 aliphatic heterocycles. The van der Waals surface area contributed by atoms with Crippen molar-refractivity contribution in [1.82, 2.24) is 0 Å². The molecule has 24 heavy (non-hydrogen) atoms. The lowest BCUT2D eigenvalue weighted by atomic mass is 10.1. The third kappa shape index (κ3) is 3.95. The molecule has 3 nitrogen and oxygen atoms in total. The summed E-state index contributed by atoms with van der Waals surface area (Å²) in [5.74, 6) is 0.484. The van der Waals surface area contributed by atoms with Gasteiger partial charge in [-0.25, -0.2) is 0 Å². The number of carbonyl (C=O) groups excluding carboxylic acids is 1. The number of anilines is 1. The Kier molecular flexibility index (Phi) is 5.16. The van der Waals surface area contributed by atoms with Crippen LogP contribution >= 0.6 is 15.9 Å². The molecule has 4 heteroatoms. The molecule has 122 valence electrons. The SMILES string of the molecule is CCc1ccc(OCC(=O)Nc2ccc3ccccc3c2)c(Br)c1. The van der Waals surface area contributed by atoms with E-state index in [1.807, 2.05) is 60.7 Å². The molecule has 0 saturated carbocycles. The van der Waals surface area contributed by atoms with Gasteiger partial charge in [0.25, 0.3) is 5.91 Å². The van der Waals surface area contributed by atoms with Crippen molar-refractivity contribution < 1.29 is 9.53 Å². The number of nitrogens with one attached hydrogen (secondary N) is 1. The number of ether oxygens (including phenoxy) is 1. The first-order valence-electron chi connectivity index (χ1n) is 7.85. The van der Waals surface area contributed by atoms with Crippen LogP contribution in [0.3, 0.4) is 0 Å². The van der Waals surface area contributed by atoms with Gasteiger partial charge in [0, 0.05) is 5.69 Å². The summed E-state index contributed by atoms with van der Waals surface area (Å²) in [6.07, 6.45) is 0.960. The second-order valence-corrected chi connectivity index (χ2v) is 6.37. The molecule has 0 spiro atoms. The Balaban J connectivity index is 1.62. The predicted octanol–water partition coefficient (Wildman–Crippen LogP) is 5.18. The highest BCUT2D eigenvalue weighted by Gasteiger charge is 2.07. The van der Waals surface area contributed by atoms with Crippen LogP contribution in [0.25, 0.3) is 10.8 Å². The first-order chi connectivity index (χ1) is 11.7. The summed E-state index contributed by atoms with van der Waals surface area (Å²) < 4.78 is 6.46. The first-order valence-corrected chi connectivity index (χ1v) is 8.65. The van der Waals surface area contributed by atoms with Gasteiger partial charge in [-0.1, -0.05) is 43.3 Å². The second-order valence-electron chi connectivity index (χ2n) is 5.52. The third-order valence-corrected chi connectivity index (χ3v) is 4.42. The highest BCUT2D eigenvalue weighted by Crippen LogP contribution is 2.26. The van der Waals surface area contributed by atoms with Gasteiger partial charge in [0.05, 0.1) is 4.47 Å². The molecule has 0 saturated heterocycles. The first kappa shape index (κ1) is 16.5. The lowest BCUT2D eigenvalue weighted by molar-refractivity contribution is -0.118. The van der Waals surface area contributed by atoms with E-state index in [-0.39, 0.29) is 12.5 Å².